The first-order valence-corrected chi connectivity index (χ1v) is 6.80. The van der Waals surface area contributed by atoms with Gasteiger partial charge >= 0.3 is 0 Å². The van der Waals surface area contributed by atoms with E-state index in [0.29, 0.717) is 13.1 Å². The van der Waals surface area contributed by atoms with Crippen LogP contribution in [-0.4, -0.2) is 36.6 Å². The van der Waals surface area contributed by atoms with Crippen molar-refractivity contribution in [1.82, 2.24) is 4.90 Å². The Bertz CT molecular complexity index is 522. The van der Waals surface area contributed by atoms with E-state index in [4.69, 9.17) is 9.47 Å². The summed E-state index contributed by atoms with van der Waals surface area (Å²) in [6.07, 6.45) is 1.47. The minimum atomic E-state index is -0.788. The molecule has 1 amide bonds. The van der Waals surface area contributed by atoms with Crippen LogP contribution in [-0.2, 0) is 20.1 Å². The van der Waals surface area contributed by atoms with Crippen LogP contribution in [0, 0.1) is 5.82 Å². The maximum Gasteiger partial charge on any atom is 0.225 e. The van der Waals surface area contributed by atoms with Gasteiger partial charge in [0.2, 0.25) is 11.7 Å². The number of methoxy groups -OCH3 is 1. The van der Waals surface area contributed by atoms with E-state index in [-0.39, 0.29) is 17.3 Å². The number of ether oxygens (including phenoxy) is 2. The number of carbonyl (C=O) groups is 1. The average Bonchev–Trinajstić information content (AvgIpc) is 3.08. The molecular formula is C15H18FNO3. The molecule has 2 aliphatic rings. The molecule has 1 unspecified atom stereocenters. The Morgan fingerprint density at radius 3 is 2.40 bits per heavy atom. The minimum Gasteiger partial charge on any atom is -0.347 e. The van der Waals surface area contributed by atoms with Crippen molar-refractivity contribution in [3.05, 3.63) is 35.6 Å². The van der Waals surface area contributed by atoms with Crippen molar-refractivity contribution in [2.75, 3.05) is 20.2 Å². The average molecular weight is 279 g/mol. The summed E-state index contributed by atoms with van der Waals surface area (Å²) < 4.78 is 24.6. The number of rotatable bonds is 2. The predicted octanol–water partition coefficient (Wildman–Crippen LogP) is 2.04. The normalized spacial score (nSPS) is 27.6. The number of likely N-dealkylation sites (tertiary alicyclic amines) is 1. The first kappa shape index (κ1) is 13.5. The van der Waals surface area contributed by atoms with Gasteiger partial charge in [0.15, 0.2) is 0 Å². The highest BCUT2D eigenvalue weighted by Crippen LogP contribution is 2.61. The van der Waals surface area contributed by atoms with Crippen LogP contribution in [0.4, 0.5) is 4.39 Å². The summed E-state index contributed by atoms with van der Waals surface area (Å²) in [4.78, 5) is 13.2. The van der Waals surface area contributed by atoms with Gasteiger partial charge in [0, 0.05) is 32.7 Å². The van der Waals surface area contributed by atoms with Gasteiger partial charge in [-0.05, 0) is 25.0 Å². The lowest BCUT2D eigenvalue weighted by atomic mass is 9.87. The van der Waals surface area contributed by atoms with Gasteiger partial charge in [-0.2, -0.15) is 0 Å². The molecule has 0 aliphatic carbocycles. The Morgan fingerprint density at radius 1 is 1.30 bits per heavy atom. The van der Waals surface area contributed by atoms with Crippen LogP contribution < -0.4 is 0 Å². The third-order valence-corrected chi connectivity index (χ3v) is 4.43. The number of piperidine rings is 1. The SMILES string of the molecule is COC1(c2ccc(F)cc2)OC12CCN(C(C)=O)CC2. The zero-order valence-corrected chi connectivity index (χ0v) is 11.7. The van der Waals surface area contributed by atoms with E-state index < -0.39 is 5.79 Å². The molecule has 0 aromatic heterocycles. The second-order valence-electron chi connectivity index (χ2n) is 5.43. The van der Waals surface area contributed by atoms with E-state index in [1.807, 2.05) is 4.90 Å². The zero-order chi connectivity index (χ0) is 14.4. The van der Waals surface area contributed by atoms with Crippen molar-refractivity contribution >= 4 is 5.91 Å². The molecule has 1 aromatic rings. The number of halogens is 1. The fraction of sp³-hybridized carbons (Fsp3) is 0.533. The molecular weight excluding hydrogens is 261 g/mol. The van der Waals surface area contributed by atoms with E-state index >= 15 is 0 Å². The van der Waals surface area contributed by atoms with Crippen LogP contribution in [0.3, 0.4) is 0 Å². The molecule has 2 fully saturated rings. The number of carbonyl (C=O) groups excluding carboxylic acids is 1. The summed E-state index contributed by atoms with van der Waals surface area (Å²) >= 11 is 0. The molecule has 5 heteroatoms. The Morgan fingerprint density at radius 2 is 1.90 bits per heavy atom. The minimum absolute atomic E-state index is 0.0882. The largest absolute Gasteiger partial charge is 0.347 e. The quantitative estimate of drug-likeness (QED) is 0.778. The van der Waals surface area contributed by atoms with Gasteiger partial charge in [0.25, 0.3) is 0 Å². The van der Waals surface area contributed by atoms with Crippen LogP contribution in [0.25, 0.3) is 0 Å². The van der Waals surface area contributed by atoms with Gasteiger partial charge in [-0.1, -0.05) is 12.1 Å². The van der Waals surface area contributed by atoms with Gasteiger partial charge in [-0.25, -0.2) is 4.39 Å². The topological polar surface area (TPSA) is 42.1 Å². The molecule has 1 aromatic carbocycles. The second-order valence-corrected chi connectivity index (χ2v) is 5.43. The summed E-state index contributed by atoms with van der Waals surface area (Å²) in [6.45, 7) is 2.92. The second kappa shape index (κ2) is 4.53. The number of hydrogen-bond donors (Lipinski definition) is 0. The van der Waals surface area contributed by atoms with Crippen LogP contribution in [0.15, 0.2) is 24.3 Å². The van der Waals surface area contributed by atoms with Gasteiger partial charge in [0.1, 0.15) is 11.4 Å². The Hall–Kier alpha value is -1.46. The molecule has 2 aliphatic heterocycles. The number of epoxide rings is 1. The third kappa shape index (κ3) is 1.84. The van der Waals surface area contributed by atoms with Crippen molar-refractivity contribution in [3.8, 4) is 0 Å². The zero-order valence-electron chi connectivity index (χ0n) is 11.7. The van der Waals surface area contributed by atoms with Crippen LogP contribution >= 0.6 is 0 Å². The molecule has 4 nitrogen and oxygen atoms in total. The van der Waals surface area contributed by atoms with E-state index in [1.165, 1.54) is 12.1 Å². The van der Waals surface area contributed by atoms with Crippen molar-refractivity contribution in [3.63, 3.8) is 0 Å². The maximum atomic E-state index is 13.0. The number of amides is 1. The number of benzene rings is 1. The highest BCUT2D eigenvalue weighted by Gasteiger charge is 2.72. The van der Waals surface area contributed by atoms with E-state index in [0.717, 1.165) is 18.4 Å². The molecule has 3 rings (SSSR count). The molecule has 2 heterocycles. The molecule has 1 spiro atoms. The van der Waals surface area contributed by atoms with E-state index in [2.05, 4.69) is 0 Å². The lowest BCUT2D eigenvalue weighted by Crippen LogP contribution is -2.43. The molecule has 108 valence electrons. The smallest absolute Gasteiger partial charge is 0.225 e. The molecule has 0 bridgehead atoms. The molecule has 0 radical (unpaired) electrons. The molecule has 0 N–H and O–H groups in total. The van der Waals surface area contributed by atoms with Gasteiger partial charge < -0.3 is 14.4 Å². The lowest BCUT2D eigenvalue weighted by Gasteiger charge is -2.31. The van der Waals surface area contributed by atoms with Crippen molar-refractivity contribution < 1.29 is 18.7 Å². The third-order valence-electron chi connectivity index (χ3n) is 4.43. The standard InChI is InChI=1S/C15H18FNO3/c1-11(18)17-9-7-14(8-10-17)15(19-2,20-14)12-3-5-13(16)6-4-12/h3-6H,7-10H2,1-2H3. The first-order valence-electron chi connectivity index (χ1n) is 6.80. The summed E-state index contributed by atoms with van der Waals surface area (Å²) in [5, 5.41) is 0. The first-order chi connectivity index (χ1) is 9.53. The monoisotopic (exact) mass is 279 g/mol. The fourth-order valence-electron chi connectivity index (χ4n) is 3.20. The van der Waals surface area contributed by atoms with E-state index in [9.17, 15) is 9.18 Å². The van der Waals surface area contributed by atoms with Crippen LogP contribution in [0.1, 0.15) is 25.3 Å². The van der Waals surface area contributed by atoms with Crippen molar-refractivity contribution in [2.45, 2.75) is 31.2 Å². The van der Waals surface area contributed by atoms with Crippen molar-refractivity contribution in [2.24, 2.45) is 0 Å². The summed E-state index contributed by atoms with van der Waals surface area (Å²) in [5.41, 5.74) is 0.448. The summed E-state index contributed by atoms with van der Waals surface area (Å²) in [7, 11) is 1.61. The predicted molar refractivity (Wildman–Crippen MR) is 70.4 cm³/mol. The number of nitrogens with zero attached hydrogens (tertiary/aromatic N) is 1. The van der Waals surface area contributed by atoms with Gasteiger partial charge in [0.05, 0.1) is 0 Å². The van der Waals surface area contributed by atoms with Crippen molar-refractivity contribution in [1.29, 1.82) is 0 Å². The number of hydrogen-bond acceptors (Lipinski definition) is 3. The molecule has 1 atom stereocenters. The molecule has 20 heavy (non-hydrogen) atoms. The Balaban J connectivity index is 1.81. The summed E-state index contributed by atoms with van der Waals surface area (Å²) in [5.74, 6) is -0.977. The maximum absolute atomic E-state index is 13.0. The summed E-state index contributed by atoms with van der Waals surface area (Å²) in [6, 6.07) is 6.22. The van der Waals surface area contributed by atoms with Gasteiger partial charge in [-0.3, -0.25) is 4.79 Å². The Labute approximate surface area is 117 Å². The Kier molecular flexibility index (Phi) is 3.06. The lowest BCUT2D eigenvalue weighted by molar-refractivity contribution is -0.130. The molecule has 2 saturated heterocycles. The van der Waals surface area contributed by atoms with E-state index in [1.54, 1.807) is 26.2 Å². The highest BCUT2D eigenvalue weighted by atomic mass is 19.1. The van der Waals surface area contributed by atoms with Crippen LogP contribution in [0.5, 0.6) is 0 Å². The van der Waals surface area contributed by atoms with Crippen LogP contribution in [0.2, 0.25) is 0 Å². The highest BCUT2D eigenvalue weighted by molar-refractivity contribution is 5.73. The van der Waals surface area contributed by atoms with Gasteiger partial charge in [-0.15, -0.1) is 0 Å². The fourth-order valence-corrected chi connectivity index (χ4v) is 3.20. The molecule has 0 saturated carbocycles.